The minimum absolute atomic E-state index is 0.0426. The van der Waals surface area contributed by atoms with Crippen LogP contribution in [-0.2, 0) is 10.2 Å². The van der Waals surface area contributed by atoms with Crippen LogP contribution in [0.3, 0.4) is 0 Å². The van der Waals surface area contributed by atoms with Crippen LogP contribution >= 0.6 is 0 Å². The van der Waals surface area contributed by atoms with E-state index < -0.39 is 0 Å². The van der Waals surface area contributed by atoms with Gasteiger partial charge in [0, 0.05) is 17.5 Å². The highest BCUT2D eigenvalue weighted by Gasteiger charge is 2.14. The molecule has 0 saturated heterocycles. The fraction of sp³-hybridized carbons (Fsp3) is 0.192. The molecule has 3 aromatic rings. The van der Waals surface area contributed by atoms with Crippen LogP contribution in [-0.4, -0.2) is 25.2 Å². The molecule has 5 heteroatoms. The lowest BCUT2D eigenvalue weighted by molar-refractivity contribution is 0.0600. The average Bonchev–Trinajstić information content (AvgIpc) is 2.77. The predicted octanol–water partition coefficient (Wildman–Crippen LogP) is 5.77. The number of nitrogens with zero attached hydrogens (tertiary/aromatic N) is 1. The van der Waals surface area contributed by atoms with E-state index in [-0.39, 0.29) is 17.3 Å². The highest BCUT2D eigenvalue weighted by molar-refractivity contribution is 6.04. The third-order valence-corrected chi connectivity index (χ3v) is 4.81. The maximum Gasteiger partial charge on any atom is 0.337 e. The number of carbonyl (C=O) groups is 2. The van der Waals surface area contributed by atoms with Crippen molar-refractivity contribution in [3.63, 3.8) is 0 Å². The van der Waals surface area contributed by atoms with E-state index in [0.29, 0.717) is 22.5 Å². The van der Waals surface area contributed by atoms with Crippen molar-refractivity contribution < 1.29 is 14.3 Å². The van der Waals surface area contributed by atoms with E-state index in [1.165, 1.54) is 12.7 Å². The number of hydrogen-bond donors (Lipinski definition) is 1. The zero-order chi connectivity index (χ0) is 22.4. The smallest absolute Gasteiger partial charge is 0.337 e. The van der Waals surface area contributed by atoms with Crippen LogP contribution in [0.15, 0.2) is 77.8 Å². The summed E-state index contributed by atoms with van der Waals surface area (Å²) in [6, 6.07) is 22.0. The third kappa shape index (κ3) is 5.89. The minimum Gasteiger partial charge on any atom is -0.465 e. The SMILES string of the molecule is COC(=O)c1ccc(C=Nc2cccc(NC(=O)c3ccc(C(C)(C)C)cc3)c2)cc1. The van der Waals surface area contributed by atoms with Gasteiger partial charge in [-0.25, -0.2) is 4.79 Å². The summed E-state index contributed by atoms with van der Waals surface area (Å²) in [6.45, 7) is 6.42. The number of benzene rings is 3. The van der Waals surface area contributed by atoms with Gasteiger partial charge in [0.2, 0.25) is 0 Å². The predicted molar refractivity (Wildman–Crippen MR) is 125 cm³/mol. The summed E-state index contributed by atoms with van der Waals surface area (Å²) in [6.07, 6.45) is 1.70. The van der Waals surface area contributed by atoms with Crippen LogP contribution in [0.2, 0.25) is 0 Å². The van der Waals surface area contributed by atoms with Gasteiger partial charge in [0.1, 0.15) is 0 Å². The first-order valence-corrected chi connectivity index (χ1v) is 10.0. The summed E-state index contributed by atoms with van der Waals surface area (Å²) in [5.74, 6) is -0.542. The molecule has 0 spiro atoms. The van der Waals surface area contributed by atoms with Gasteiger partial charge in [-0.2, -0.15) is 0 Å². The van der Waals surface area contributed by atoms with Gasteiger partial charge in [0.15, 0.2) is 0 Å². The molecule has 0 radical (unpaired) electrons. The number of anilines is 1. The molecule has 0 aliphatic heterocycles. The maximum absolute atomic E-state index is 12.6. The third-order valence-electron chi connectivity index (χ3n) is 4.81. The Morgan fingerprint density at radius 1 is 0.903 bits per heavy atom. The zero-order valence-corrected chi connectivity index (χ0v) is 18.2. The van der Waals surface area contributed by atoms with Gasteiger partial charge < -0.3 is 10.1 Å². The molecule has 1 N–H and O–H groups in total. The number of nitrogens with one attached hydrogen (secondary N) is 1. The average molecular weight is 415 g/mol. The molecule has 0 aromatic heterocycles. The lowest BCUT2D eigenvalue weighted by Crippen LogP contribution is -2.14. The maximum atomic E-state index is 12.6. The Hall–Kier alpha value is -3.73. The quantitative estimate of drug-likeness (QED) is 0.425. The van der Waals surface area contributed by atoms with E-state index in [1.807, 2.05) is 42.5 Å². The molecule has 0 saturated carbocycles. The van der Waals surface area contributed by atoms with E-state index in [1.54, 1.807) is 36.5 Å². The summed E-state index contributed by atoms with van der Waals surface area (Å²) >= 11 is 0. The Labute approximate surface area is 182 Å². The second-order valence-electron chi connectivity index (χ2n) is 8.20. The van der Waals surface area contributed by atoms with Crippen LogP contribution in [0.5, 0.6) is 0 Å². The van der Waals surface area contributed by atoms with Crippen molar-refractivity contribution in [1.82, 2.24) is 0 Å². The molecule has 0 unspecified atom stereocenters. The lowest BCUT2D eigenvalue weighted by atomic mass is 9.87. The number of methoxy groups -OCH3 is 1. The number of amides is 1. The molecule has 5 nitrogen and oxygen atoms in total. The van der Waals surface area contributed by atoms with E-state index in [2.05, 4.69) is 31.1 Å². The molecular weight excluding hydrogens is 388 g/mol. The lowest BCUT2D eigenvalue weighted by Gasteiger charge is -2.19. The Morgan fingerprint density at radius 3 is 2.16 bits per heavy atom. The summed E-state index contributed by atoms with van der Waals surface area (Å²) < 4.78 is 4.70. The van der Waals surface area contributed by atoms with Crippen LogP contribution < -0.4 is 5.32 Å². The van der Waals surface area contributed by atoms with Gasteiger partial charge in [-0.05, 0) is 59.0 Å². The Balaban J connectivity index is 1.68. The van der Waals surface area contributed by atoms with Crippen molar-refractivity contribution in [2.24, 2.45) is 4.99 Å². The van der Waals surface area contributed by atoms with Crippen molar-refractivity contribution in [2.45, 2.75) is 26.2 Å². The van der Waals surface area contributed by atoms with Crippen molar-refractivity contribution >= 4 is 29.5 Å². The van der Waals surface area contributed by atoms with Crippen LogP contribution in [0.4, 0.5) is 11.4 Å². The monoisotopic (exact) mass is 414 g/mol. The van der Waals surface area contributed by atoms with Crippen molar-refractivity contribution in [2.75, 3.05) is 12.4 Å². The van der Waals surface area contributed by atoms with E-state index in [9.17, 15) is 9.59 Å². The summed E-state index contributed by atoms with van der Waals surface area (Å²) in [4.78, 5) is 28.6. The molecule has 0 aliphatic rings. The first-order valence-electron chi connectivity index (χ1n) is 10.0. The first kappa shape index (κ1) is 22.0. The van der Waals surface area contributed by atoms with E-state index in [4.69, 9.17) is 4.74 Å². The Kier molecular flexibility index (Phi) is 6.65. The van der Waals surface area contributed by atoms with Gasteiger partial charge in [0.25, 0.3) is 5.91 Å². The fourth-order valence-corrected chi connectivity index (χ4v) is 2.96. The number of carbonyl (C=O) groups excluding carboxylic acids is 2. The van der Waals surface area contributed by atoms with Gasteiger partial charge in [0.05, 0.1) is 18.4 Å². The van der Waals surface area contributed by atoms with Gasteiger partial charge in [-0.15, -0.1) is 0 Å². The summed E-state index contributed by atoms with van der Waals surface area (Å²) in [5.41, 5.74) is 4.54. The van der Waals surface area contributed by atoms with Crippen molar-refractivity contribution in [3.05, 3.63) is 95.1 Å². The first-order chi connectivity index (χ1) is 14.8. The normalized spacial score (nSPS) is 11.4. The summed E-state index contributed by atoms with van der Waals surface area (Å²) in [5, 5.41) is 2.92. The minimum atomic E-state index is -0.375. The zero-order valence-electron chi connectivity index (χ0n) is 18.2. The van der Waals surface area contributed by atoms with Gasteiger partial charge >= 0.3 is 5.97 Å². The van der Waals surface area contributed by atoms with Gasteiger partial charge in [-0.1, -0.05) is 51.1 Å². The topological polar surface area (TPSA) is 67.8 Å². The molecule has 3 aromatic carbocycles. The Bertz CT molecular complexity index is 1090. The van der Waals surface area contributed by atoms with Crippen LogP contribution in [0, 0.1) is 0 Å². The number of aliphatic imine (C=N–C) groups is 1. The molecule has 1 amide bonds. The fourth-order valence-electron chi connectivity index (χ4n) is 2.96. The second-order valence-corrected chi connectivity index (χ2v) is 8.20. The van der Waals surface area contributed by atoms with Crippen LogP contribution in [0.25, 0.3) is 0 Å². The molecule has 0 fully saturated rings. The largest absolute Gasteiger partial charge is 0.465 e. The van der Waals surface area contributed by atoms with Crippen molar-refractivity contribution in [1.29, 1.82) is 0 Å². The molecule has 0 heterocycles. The highest BCUT2D eigenvalue weighted by Crippen LogP contribution is 2.23. The number of hydrogen-bond acceptors (Lipinski definition) is 4. The number of ether oxygens (including phenoxy) is 1. The number of esters is 1. The molecule has 3 rings (SSSR count). The standard InChI is InChI=1S/C26H26N2O3/c1-26(2,3)21-14-12-19(13-15-21)24(29)28-23-7-5-6-22(16-23)27-17-18-8-10-20(11-9-18)25(30)31-4/h5-17H,1-4H3,(H,28,29). The van der Waals surface area contributed by atoms with E-state index in [0.717, 1.165) is 5.56 Å². The second kappa shape index (κ2) is 9.39. The molecule has 31 heavy (non-hydrogen) atoms. The molecule has 158 valence electrons. The highest BCUT2D eigenvalue weighted by atomic mass is 16.5. The molecule has 0 aliphatic carbocycles. The molecule has 0 atom stereocenters. The van der Waals surface area contributed by atoms with Crippen LogP contribution in [0.1, 0.15) is 52.6 Å². The Morgan fingerprint density at radius 2 is 1.55 bits per heavy atom. The van der Waals surface area contributed by atoms with Gasteiger partial charge in [-0.3, -0.25) is 9.79 Å². The summed E-state index contributed by atoms with van der Waals surface area (Å²) in [7, 11) is 1.35. The number of rotatable bonds is 5. The molecule has 0 bridgehead atoms. The van der Waals surface area contributed by atoms with Crippen molar-refractivity contribution in [3.8, 4) is 0 Å². The van der Waals surface area contributed by atoms with E-state index >= 15 is 0 Å². The molecular formula is C26H26N2O3.